The molecular weight excluding hydrogens is 641 g/mol. The molecular formula is C46H78N4O2. The molecule has 0 radical (unpaired) electrons. The maximum absolute atomic E-state index is 12.9. The first kappa shape index (κ1) is 45.5. The number of hydrogen-bond donors (Lipinski definition) is 2. The standard InChI is InChI=1S/C46H78N4O2/c1-5-9-13-15-17-21-37-49(35-19-11-7-3)39-23-33-47-45(51)43-29-25-41(26-30-43)42-27-31-44(32-28-42)46(52)48-34-24-40-50(36-20-12-8-4)38-22-18-16-14-10-6-2/h25-32H,5-24,33-40H2,1-4H3,(H,47,51)(H,48,52). The fraction of sp³-hybridized carbons (Fsp3) is 0.696. The number of hydrogen-bond acceptors (Lipinski definition) is 4. The molecule has 2 aromatic carbocycles. The Bertz CT molecular complexity index is 1060. The molecule has 6 heteroatoms. The zero-order valence-electron chi connectivity index (χ0n) is 34.1. The second kappa shape index (κ2) is 30.7. The van der Waals surface area contributed by atoms with Crippen molar-refractivity contribution in [3.63, 3.8) is 0 Å². The maximum Gasteiger partial charge on any atom is 0.251 e. The summed E-state index contributed by atoms with van der Waals surface area (Å²) < 4.78 is 0. The van der Waals surface area contributed by atoms with Gasteiger partial charge in [-0.05, 0) is 113 Å². The van der Waals surface area contributed by atoms with Gasteiger partial charge in [0.25, 0.3) is 11.8 Å². The lowest BCUT2D eigenvalue weighted by Crippen LogP contribution is -2.31. The molecule has 0 heterocycles. The molecule has 0 aliphatic heterocycles. The van der Waals surface area contributed by atoms with Crippen LogP contribution in [0.1, 0.15) is 177 Å². The highest BCUT2D eigenvalue weighted by Gasteiger charge is 2.10. The van der Waals surface area contributed by atoms with Crippen LogP contribution in [0.4, 0.5) is 0 Å². The molecule has 2 N–H and O–H groups in total. The van der Waals surface area contributed by atoms with Gasteiger partial charge in [-0.2, -0.15) is 0 Å². The third-order valence-corrected chi connectivity index (χ3v) is 10.3. The van der Waals surface area contributed by atoms with E-state index in [4.69, 9.17) is 0 Å². The van der Waals surface area contributed by atoms with Crippen molar-refractivity contribution in [3.8, 4) is 11.1 Å². The van der Waals surface area contributed by atoms with Gasteiger partial charge in [-0.25, -0.2) is 0 Å². The Morgan fingerprint density at radius 3 is 1.00 bits per heavy atom. The smallest absolute Gasteiger partial charge is 0.251 e. The van der Waals surface area contributed by atoms with Crippen LogP contribution in [0.5, 0.6) is 0 Å². The summed E-state index contributed by atoms with van der Waals surface area (Å²) in [5, 5.41) is 6.27. The molecule has 0 aromatic heterocycles. The minimum atomic E-state index is -0.0153. The van der Waals surface area contributed by atoms with Crippen molar-refractivity contribution in [2.75, 3.05) is 52.4 Å². The second-order valence-corrected chi connectivity index (χ2v) is 15.0. The van der Waals surface area contributed by atoms with Crippen LogP contribution in [-0.2, 0) is 0 Å². The van der Waals surface area contributed by atoms with Gasteiger partial charge in [0.15, 0.2) is 0 Å². The SMILES string of the molecule is CCCCCCCCN(CCCCC)CCCNC(=O)c1ccc(-c2ccc(C(=O)NCCCN(CCCCC)CCCCCCCC)cc2)cc1. The third-order valence-electron chi connectivity index (χ3n) is 10.3. The average molecular weight is 719 g/mol. The summed E-state index contributed by atoms with van der Waals surface area (Å²) in [5.74, 6) is -0.0305. The van der Waals surface area contributed by atoms with E-state index < -0.39 is 0 Å². The Kier molecular flexibility index (Phi) is 26.9. The van der Waals surface area contributed by atoms with Gasteiger partial charge in [-0.1, -0.05) is 142 Å². The monoisotopic (exact) mass is 719 g/mol. The molecule has 0 atom stereocenters. The predicted molar refractivity (Wildman–Crippen MR) is 224 cm³/mol. The number of rotatable bonds is 33. The lowest BCUT2D eigenvalue weighted by Gasteiger charge is -2.22. The summed E-state index contributed by atoms with van der Waals surface area (Å²) in [6.07, 6.45) is 25.5. The van der Waals surface area contributed by atoms with Gasteiger partial charge < -0.3 is 20.4 Å². The number of nitrogens with one attached hydrogen (secondary N) is 2. The Hall–Kier alpha value is -2.70. The van der Waals surface area contributed by atoms with Crippen LogP contribution in [0.2, 0.25) is 0 Å². The normalized spacial score (nSPS) is 11.4. The van der Waals surface area contributed by atoms with Crippen LogP contribution >= 0.6 is 0 Å². The van der Waals surface area contributed by atoms with E-state index in [-0.39, 0.29) is 11.8 Å². The first-order valence-corrected chi connectivity index (χ1v) is 21.7. The average Bonchev–Trinajstić information content (AvgIpc) is 3.17. The van der Waals surface area contributed by atoms with E-state index in [0.717, 1.165) is 37.1 Å². The Balaban J connectivity index is 1.74. The molecule has 0 saturated carbocycles. The van der Waals surface area contributed by atoms with E-state index in [1.807, 2.05) is 48.5 Å². The van der Waals surface area contributed by atoms with E-state index in [1.165, 1.54) is 142 Å². The number of benzene rings is 2. The van der Waals surface area contributed by atoms with Crippen LogP contribution in [0, 0.1) is 0 Å². The molecule has 0 aliphatic rings. The van der Waals surface area contributed by atoms with Gasteiger partial charge in [0.2, 0.25) is 0 Å². The van der Waals surface area contributed by atoms with Crippen molar-refractivity contribution < 1.29 is 9.59 Å². The number of carbonyl (C=O) groups excluding carboxylic acids is 2. The highest BCUT2D eigenvalue weighted by molar-refractivity contribution is 5.95. The van der Waals surface area contributed by atoms with E-state index in [0.29, 0.717) is 24.2 Å². The van der Waals surface area contributed by atoms with Crippen LogP contribution in [-0.4, -0.2) is 74.0 Å². The van der Waals surface area contributed by atoms with Gasteiger partial charge in [0, 0.05) is 24.2 Å². The minimum Gasteiger partial charge on any atom is -0.352 e. The lowest BCUT2D eigenvalue weighted by molar-refractivity contribution is 0.0943. The van der Waals surface area contributed by atoms with Crippen molar-refractivity contribution in [3.05, 3.63) is 59.7 Å². The molecule has 0 fully saturated rings. The first-order valence-electron chi connectivity index (χ1n) is 21.7. The van der Waals surface area contributed by atoms with Crippen LogP contribution < -0.4 is 10.6 Å². The van der Waals surface area contributed by atoms with E-state index >= 15 is 0 Å². The summed E-state index contributed by atoms with van der Waals surface area (Å²) in [4.78, 5) is 31.0. The summed E-state index contributed by atoms with van der Waals surface area (Å²) in [7, 11) is 0. The first-order chi connectivity index (χ1) is 25.5. The van der Waals surface area contributed by atoms with Gasteiger partial charge in [-0.3, -0.25) is 9.59 Å². The fourth-order valence-corrected chi connectivity index (χ4v) is 6.91. The van der Waals surface area contributed by atoms with Crippen molar-refractivity contribution in [1.82, 2.24) is 20.4 Å². The van der Waals surface area contributed by atoms with Crippen LogP contribution in [0.3, 0.4) is 0 Å². The Morgan fingerprint density at radius 1 is 0.385 bits per heavy atom. The van der Waals surface area contributed by atoms with Crippen molar-refractivity contribution in [2.24, 2.45) is 0 Å². The fourth-order valence-electron chi connectivity index (χ4n) is 6.91. The van der Waals surface area contributed by atoms with Crippen LogP contribution in [0.25, 0.3) is 11.1 Å². The second-order valence-electron chi connectivity index (χ2n) is 15.0. The molecule has 0 unspecified atom stereocenters. The number of unbranched alkanes of at least 4 members (excludes halogenated alkanes) is 14. The molecule has 0 aliphatic carbocycles. The van der Waals surface area contributed by atoms with Crippen molar-refractivity contribution in [2.45, 2.75) is 156 Å². The predicted octanol–water partition coefficient (Wildman–Crippen LogP) is 11.3. The molecule has 2 aromatic rings. The zero-order chi connectivity index (χ0) is 37.5. The summed E-state index contributed by atoms with van der Waals surface area (Å²) in [6.45, 7) is 17.2. The number of amides is 2. The Morgan fingerprint density at radius 2 is 0.654 bits per heavy atom. The van der Waals surface area contributed by atoms with E-state index in [9.17, 15) is 9.59 Å². The molecule has 0 bridgehead atoms. The molecule has 0 saturated heterocycles. The van der Waals surface area contributed by atoms with Gasteiger partial charge in [0.05, 0.1) is 0 Å². The largest absolute Gasteiger partial charge is 0.352 e. The molecule has 2 rings (SSSR count). The molecule has 294 valence electrons. The Labute approximate surface area is 320 Å². The topological polar surface area (TPSA) is 64.7 Å². The van der Waals surface area contributed by atoms with Gasteiger partial charge >= 0.3 is 0 Å². The van der Waals surface area contributed by atoms with Gasteiger partial charge in [-0.15, -0.1) is 0 Å². The molecule has 0 spiro atoms. The molecule has 6 nitrogen and oxygen atoms in total. The number of nitrogens with zero attached hydrogens (tertiary/aromatic N) is 2. The highest BCUT2D eigenvalue weighted by Crippen LogP contribution is 2.21. The summed E-state index contributed by atoms with van der Waals surface area (Å²) in [5.41, 5.74) is 3.44. The van der Waals surface area contributed by atoms with Crippen LogP contribution in [0.15, 0.2) is 48.5 Å². The van der Waals surface area contributed by atoms with E-state index in [1.54, 1.807) is 0 Å². The minimum absolute atomic E-state index is 0.0153. The highest BCUT2D eigenvalue weighted by atomic mass is 16.2. The molecule has 52 heavy (non-hydrogen) atoms. The quantitative estimate of drug-likeness (QED) is 0.0721. The summed E-state index contributed by atoms with van der Waals surface area (Å²) >= 11 is 0. The van der Waals surface area contributed by atoms with Crippen molar-refractivity contribution in [1.29, 1.82) is 0 Å². The number of carbonyl (C=O) groups is 2. The third kappa shape index (κ3) is 21.1. The maximum atomic E-state index is 12.9. The zero-order valence-corrected chi connectivity index (χ0v) is 34.1. The van der Waals surface area contributed by atoms with Crippen molar-refractivity contribution >= 4 is 11.8 Å². The molecule has 2 amide bonds. The summed E-state index contributed by atoms with van der Waals surface area (Å²) in [6, 6.07) is 15.6. The lowest BCUT2D eigenvalue weighted by atomic mass is 10.0. The van der Waals surface area contributed by atoms with E-state index in [2.05, 4.69) is 48.1 Å². The van der Waals surface area contributed by atoms with Gasteiger partial charge in [0.1, 0.15) is 0 Å².